The number of allylic oxidation sites excluding steroid dienone is 1. The second-order valence-electron chi connectivity index (χ2n) is 14.0. The van der Waals surface area contributed by atoms with E-state index in [0.717, 1.165) is 27.7 Å². The molecule has 0 radical (unpaired) electrons. The molecule has 0 bridgehead atoms. The minimum Gasteiger partial charge on any atom is -0.396 e. The Balaban J connectivity index is 1.25. The summed E-state index contributed by atoms with van der Waals surface area (Å²) in [6, 6.07) is 56.3. The predicted molar refractivity (Wildman–Crippen MR) is 215 cm³/mol. The van der Waals surface area contributed by atoms with Crippen LogP contribution in [0.5, 0.6) is 0 Å². The van der Waals surface area contributed by atoms with E-state index in [1.807, 2.05) is 19.1 Å². The molecule has 2 aliphatic rings. The van der Waals surface area contributed by atoms with Gasteiger partial charge in [-0.3, -0.25) is 0 Å². The van der Waals surface area contributed by atoms with Gasteiger partial charge in [0.25, 0.3) is 0 Å². The maximum absolute atomic E-state index is 6.66. The van der Waals surface area contributed by atoms with Crippen LogP contribution in [-0.2, 0) is 5.41 Å². The molecule has 51 heavy (non-hydrogen) atoms. The molecule has 0 saturated heterocycles. The average molecular weight is 649 g/mol. The maximum atomic E-state index is 6.66. The van der Waals surface area contributed by atoms with Crippen LogP contribution < -0.4 is 5.73 Å². The number of fused-ring (bicyclic) bond motifs is 17. The SMILES string of the molecule is C/C=C\c1ccc2ccc(-c3ccc4cc5c(cc4c3)C3(c4ccccc4-c4ccccc43)c3c-5c4ccccc4c4ccccc34)nc2c1N. The summed E-state index contributed by atoms with van der Waals surface area (Å²) in [5.41, 5.74) is 21.4. The summed E-state index contributed by atoms with van der Waals surface area (Å²) in [6.45, 7) is 2.01. The molecular weight excluding hydrogens is 617 g/mol. The Kier molecular flexibility index (Phi) is 5.70. The van der Waals surface area contributed by atoms with Gasteiger partial charge in [0.1, 0.15) is 0 Å². The summed E-state index contributed by atoms with van der Waals surface area (Å²) in [6.07, 6.45) is 4.06. The number of rotatable bonds is 2. The highest BCUT2D eigenvalue weighted by Crippen LogP contribution is 2.65. The molecule has 238 valence electrons. The van der Waals surface area contributed by atoms with Crippen LogP contribution in [0.1, 0.15) is 34.7 Å². The summed E-state index contributed by atoms with van der Waals surface area (Å²) in [5, 5.41) is 8.67. The Hall–Kier alpha value is -6.51. The summed E-state index contributed by atoms with van der Waals surface area (Å²) in [5.74, 6) is 0. The zero-order valence-electron chi connectivity index (χ0n) is 28.1. The molecule has 11 rings (SSSR count). The lowest BCUT2D eigenvalue weighted by Crippen LogP contribution is -2.26. The number of anilines is 1. The van der Waals surface area contributed by atoms with E-state index in [4.69, 9.17) is 10.7 Å². The molecule has 1 spiro atoms. The van der Waals surface area contributed by atoms with Crippen molar-refractivity contribution in [3.05, 3.63) is 186 Å². The first-order chi connectivity index (χ1) is 25.2. The molecule has 2 N–H and O–H groups in total. The van der Waals surface area contributed by atoms with E-state index in [1.54, 1.807) is 0 Å². The van der Waals surface area contributed by atoms with Crippen LogP contribution >= 0.6 is 0 Å². The van der Waals surface area contributed by atoms with Crippen molar-refractivity contribution in [2.45, 2.75) is 12.3 Å². The van der Waals surface area contributed by atoms with Crippen LogP contribution in [0, 0.1) is 0 Å². The first kappa shape index (κ1) is 28.3. The van der Waals surface area contributed by atoms with Crippen molar-refractivity contribution >= 4 is 55.0 Å². The first-order valence-electron chi connectivity index (χ1n) is 17.7. The predicted octanol–water partition coefficient (Wildman–Crippen LogP) is 12.3. The van der Waals surface area contributed by atoms with Gasteiger partial charge in [0.15, 0.2) is 0 Å². The molecule has 2 nitrogen and oxygen atoms in total. The fourth-order valence-electron chi connectivity index (χ4n) is 9.43. The number of nitrogens with zero attached hydrogens (tertiary/aromatic N) is 1. The third-order valence-corrected chi connectivity index (χ3v) is 11.5. The monoisotopic (exact) mass is 648 g/mol. The molecule has 8 aromatic carbocycles. The van der Waals surface area contributed by atoms with Gasteiger partial charge in [-0.15, -0.1) is 0 Å². The smallest absolute Gasteiger partial charge is 0.0944 e. The molecule has 0 fully saturated rings. The van der Waals surface area contributed by atoms with Crippen LogP contribution in [0.4, 0.5) is 5.69 Å². The van der Waals surface area contributed by atoms with Gasteiger partial charge in [-0.25, -0.2) is 4.98 Å². The fourth-order valence-corrected chi connectivity index (χ4v) is 9.43. The zero-order chi connectivity index (χ0) is 33.8. The highest BCUT2D eigenvalue weighted by molar-refractivity contribution is 6.20. The molecule has 0 unspecified atom stereocenters. The summed E-state index contributed by atoms with van der Waals surface area (Å²) in [4.78, 5) is 5.14. The van der Waals surface area contributed by atoms with Gasteiger partial charge in [-0.05, 0) is 114 Å². The minimum absolute atomic E-state index is 0.468. The normalized spacial score (nSPS) is 13.7. The quantitative estimate of drug-likeness (QED) is 0.150. The van der Waals surface area contributed by atoms with Crippen molar-refractivity contribution in [2.75, 3.05) is 5.73 Å². The molecule has 2 aliphatic carbocycles. The molecule has 0 aliphatic heterocycles. The molecule has 2 heteroatoms. The Bertz CT molecular complexity index is 2960. The van der Waals surface area contributed by atoms with Gasteiger partial charge in [-0.1, -0.05) is 140 Å². The maximum Gasteiger partial charge on any atom is 0.0944 e. The van der Waals surface area contributed by atoms with E-state index in [2.05, 4.69) is 152 Å². The number of hydrogen-bond acceptors (Lipinski definition) is 2. The van der Waals surface area contributed by atoms with Gasteiger partial charge in [0.2, 0.25) is 0 Å². The Morgan fingerprint density at radius 3 is 1.90 bits per heavy atom. The lowest BCUT2D eigenvalue weighted by molar-refractivity contribution is 0.803. The fraction of sp³-hybridized carbons (Fsp3) is 0.0408. The Morgan fingerprint density at radius 2 is 1.16 bits per heavy atom. The topological polar surface area (TPSA) is 38.9 Å². The molecule has 0 saturated carbocycles. The lowest BCUT2D eigenvalue weighted by atomic mass is 9.69. The van der Waals surface area contributed by atoms with E-state index >= 15 is 0 Å². The van der Waals surface area contributed by atoms with Crippen molar-refractivity contribution in [1.82, 2.24) is 4.98 Å². The minimum atomic E-state index is -0.468. The largest absolute Gasteiger partial charge is 0.396 e. The van der Waals surface area contributed by atoms with E-state index in [9.17, 15) is 0 Å². The van der Waals surface area contributed by atoms with E-state index in [-0.39, 0.29) is 0 Å². The summed E-state index contributed by atoms with van der Waals surface area (Å²) < 4.78 is 0. The average Bonchev–Trinajstić information content (AvgIpc) is 3.65. The summed E-state index contributed by atoms with van der Waals surface area (Å²) in [7, 11) is 0. The number of pyridine rings is 1. The molecule has 9 aromatic rings. The van der Waals surface area contributed by atoms with Crippen LogP contribution in [0.2, 0.25) is 0 Å². The number of nitrogen functional groups attached to an aromatic ring is 1. The lowest BCUT2D eigenvalue weighted by Gasteiger charge is -2.32. The zero-order valence-corrected chi connectivity index (χ0v) is 28.1. The molecule has 0 atom stereocenters. The Labute approximate surface area is 296 Å². The molecule has 0 amide bonds. The number of nitrogens with two attached hydrogens (primary N) is 1. The van der Waals surface area contributed by atoms with Crippen molar-refractivity contribution in [3.63, 3.8) is 0 Å². The standard InChI is InChI=1S/C49H32N2/c1-2-11-29-20-21-30-24-25-44(51-48(30)47(29)50)32-23-22-31-27-40-43(28-33(31)26-32)49(41-18-9-7-14-36(41)37-15-8-10-19-42(37)49)46-39-17-6-4-13-35(39)34-12-3-5-16-38(34)45(40)46/h2-28H,50H2,1H3/b11-2-. The second kappa shape index (κ2) is 10.3. The summed E-state index contributed by atoms with van der Waals surface area (Å²) >= 11 is 0. The number of aromatic nitrogens is 1. The van der Waals surface area contributed by atoms with Crippen LogP contribution in [-0.4, -0.2) is 4.98 Å². The van der Waals surface area contributed by atoms with Gasteiger partial charge >= 0.3 is 0 Å². The van der Waals surface area contributed by atoms with Gasteiger partial charge in [0.05, 0.1) is 22.3 Å². The molecular formula is C49H32N2. The molecule has 1 heterocycles. The Morgan fingerprint density at radius 1 is 0.529 bits per heavy atom. The highest BCUT2D eigenvalue weighted by atomic mass is 14.7. The van der Waals surface area contributed by atoms with Crippen molar-refractivity contribution in [3.8, 4) is 33.5 Å². The van der Waals surface area contributed by atoms with Crippen molar-refractivity contribution in [1.29, 1.82) is 0 Å². The van der Waals surface area contributed by atoms with Crippen LogP contribution in [0.15, 0.2) is 158 Å². The highest BCUT2D eigenvalue weighted by Gasteiger charge is 2.53. The van der Waals surface area contributed by atoms with E-state index in [0.29, 0.717) is 5.69 Å². The van der Waals surface area contributed by atoms with E-state index < -0.39 is 5.41 Å². The molecule has 1 aromatic heterocycles. The van der Waals surface area contributed by atoms with Gasteiger partial charge < -0.3 is 5.73 Å². The van der Waals surface area contributed by atoms with Gasteiger partial charge in [-0.2, -0.15) is 0 Å². The third-order valence-electron chi connectivity index (χ3n) is 11.5. The van der Waals surface area contributed by atoms with Gasteiger partial charge in [0, 0.05) is 10.9 Å². The number of benzene rings is 8. The van der Waals surface area contributed by atoms with Crippen LogP contribution in [0.25, 0.3) is 82.8 Å². The van der Waals surface area contributed by atoms with E-state index in [1.165, 1.54) is 76.8 Å². The number of hydrogen-bond donors (Lipinski definition) is 1. The second-order valence-corrected chi connectivity index (χ2v) is 14.0. The first-order valence-corrected chi connectivity index (χ1v) is 17.7. The van der Waals surface area contributed by atoms with Crippen molar-refractivity contribution < 1.29 is 0 Å². The van der Waals surface area contributed by atoms with Crippen LogP contribution in [0.3, 0.4) is 0 Å². The third kappa shape index (κ3) is 3.64. The van der Waals surface area contributed by atoms with Crippen molar-refractivity contribution in [2.24, 2.45) is 0 Å².